The summed E-state index contributed by atoms with van der Waals surface area (Å²) in [7, 11) is 0. The van der Waals surface area contributed by atoms with Crippen LogP contribution in [0.2, 0.25) is 0 Å². The molecular weight excluding hydrogens is 267 g/mol. The number of halogens is 1. The van der Waals surface area contributed by atoms with Crippen LogP contribution < -0.4 is 0 Å². The molecule has 3 heteroatoms. The number of hydrogen-bond donors (Lipinski definition) is 0. The van der Waals surface area contributed by atoms with Gasteiger partial charge in [0, 0.05) is 11.1 Å². The van der Waals surface area contributed by atoms with E-state index in [1.807, 2.05) is 8.09 Å². The van der Waals surface area contributed by atoms with Crippen LogP contribution in [0.15, 0.2) is 33.5 Å². The van der Waals surface area contributed by atoms with E-state index < -0.39 is 0 Å². The Balaban J connectivity index is 2.65. The lowest BCUT2D eigenvalue weighted by atomic mass is 10.1. The average Bonchev–Trinajstić information content (AvgIpc) is 2.33. The highest BCUT2D eigenvalue weighted by molar-refractivity contribution is 14.2. The zero-order valence-corrected chi connectivity index (χ0v) is 8.29. The fraction of sp³-hybridized carbons (Fsp3) is 0. The monoisotopic (exact) mass is 272 g/mol. The van der Waals surface area contributed by atoms with Crippen molar-refractivity contribution in [3.8, 4) is 0 Å². The van der Waals surface area contributed by atoms with Crippen LogP contribution in [0, 0.1) is 0 Å². The average molecular weight is 272 g/mol. The van der Waals surface area contributed by atoms with Gasteiger partial charge in [0.1, 0.15) is 0 Å². The van der Waals surface area contributed by atoms with Crippen LogP contribution in [0.25, 0.3) is 0 Å². The van der Waals surface area contributed by atoms with Gasteiger partial charge < -0.3 is 0 Å². The van der Waals surface area contributed by atoms with E-state index in [4.69, 9.17) is 0 Å². The molecule has 0 aromatic carbocycles. The van der Waals surface area contributed by atoms with Crippen LogP contribution >= 0.6 is 20.7 Å². The summed E-state index contributed by atoms with van der Waals surface area (Å²) < 4.78 is 3.86. The van der Waals surface area contributed by atoms with Crippen LogP contribution in [0.4, 0.5) is 0 Å². The van der Waals surface area contributed by atoms with E-state index in [1.165, 1.54) is 0 Å². The fourth-order valence-corrected chi connectivity index (χ4v) is 2.90. The molecule has 0 radical (unpaired) electrons. The summed E-state index contributed by atoms with van der Waals surface area (Å²) >= 11 is -0.163. The maximum Gasteiger partial charge on any atom is 0.197 e. The maximum atomic E-state index is 11.3. The lowest BCUT2D eigenvalue weighted by molar-refractivity contribution is -0.115. The smallest absolute Gasteiger partial charge is 0.197 e. The van der Waals surface area contributed by atoms with Crippen molar-refractivity contribution in [1.82, 2.24) is 0 Å². The largest absolute Gasteiger partial charge is 0.288 e. The first kappa shape index (κ1) is 7.79. The van der Waals surface area contributed by atoms with Crippen LogP contribution in [-0.4, -0.2) is 15.6 Å². The van der Waals surface area contributed by atoms with Gasteiger partial charge in [-0.05, 0) is 14.2 Å². The predicted octanol–water partition coefficient (Wildman–Crippen LogP) is 1.29. The maximum absolute atomic E-state index is 11.3. The number of carbonyl (C=O) groups is 2. The van der Waals surface area contributed by atoms with Crippen molar-refractivity contribution in [1.29, 1.82) is 0 Å². The molecule has 0 aromatic rings. The van der Waals surface area contributed by atoms with Crippen LogP contribution in [0.1, 0.15) is 0 Å². The summed E-state index contributed by atoms with van der Waals surface area (Å²) in [5, 5.41) is 0. The second kappa shape index (κ2) is 2.58. The van der Waals surface area contributed by atoms with Gasteiger partial charge in [0.25, 0.3) is 0 Å². The van der Waals surface area contributed by atoms with Gasteiger partial charge in [-0.1, -0.05) is 27.3 Å². The molecule has 0 spiro atoms. The standard InChI is InChI=1S/C9H5IO2/c1-5-8(11)6-2-3-10-4-7(6)9(5)12/h2-4H,1H2. The van der Waals surface area contributed by atoms with E-state index in [2.05, 4.69) is 6.58 Å². The van der Waals surface area contributed by atoms with Crippen LogP contribution in [-0.2, 0) is 9.59 Å². The number of ketones is 2. The first-order valence-electron chi connectivity index (χ1n) is 3.36. The van der Waals surface area contributed by atoms with E-state index in [0.29, 0.717) is 11.1 Å². The Labute approximate surface area is 79.4 Å². The van der Waals surface area contributed by atoms with Crippen LogP contribution in [0.3, 0.4) is 0 Å². The van der Waals surface area contributed by atoms with Crippen molar-refractivity contribution in [2.45, 2.75) is 0 Å². The summed E-state index contributed by atoms with van der Waals surface area (Å²) in [5.41, 5.74) is 1.24. The van der Waals surface area contributed by atoms with E-state index in [0.717, 1.165) is 0 Å². The summed E-state index contributed by atoms with van der Waals surface area (Å²) in [6.45, 7) is 3.46. The summed E-state index contributed by atoms with van der Waals surface area (Å²) in [6.07, 6.45) is 1.75. The predicted molar refractivity (Wildman–Crippen MR) is 55.4 cm³/mol. The highest BCUT2D eigenvalue weighted by atomic mass is 127. The molecule has 0 atom stereocenters. The summed E-state index contributed by atoms with van der Waals surface area (Å²) in [4.78, 5) is 22.6. The molecule has 1 aliphatic heterocycles. The quantitative estimate of drug-likeness (QED) is 0.378. The van der Waals surface area contributed by atoms with Crippen molar-refractivity contribution in [2.24, 2.45) is 0 Å². The number of carbonyl (C=O) groups excluding carboxylic acids is 2. The van der Waals surface area contributed by atoms with Gasteiger partial charge in [-0.25, -0.2) is 0 Å². The Morgan fingerprint density at radius 3 is 2.50 bits per heavy atom. The lowest BCUT2D eigenvalue weighted by Gasteiger charge is -1.95. The first-order chi connectivity index (χ1) is 5.72. The number of hydrogen-bond acceptors (Lipinski definition) is 2. The molecular formula is C9H5IO2. The molecule has 0 saturated heterocycles. The molecule has 0 saturated carbocycles. The molecule has 0 bridgehead atoms. The topological polar surface area (TPSA) is 34.1 Å². The third-order valence-electron chi connectivity index (χ3n) is 1.80. The van der Waals surface area contributed by atoms with E-state index >= 15 is 0 Å². The lowest BCUT2D eigenvalue weighted by Crippen LogP contribution is -2.01. The molecule has 2 nitrogen and oxygen atoms in total. The molecule has 12 heavy (non-hydrogen) atoms. The Bertz CT molecular complexity index is 361. The van der Waals surface area contributed by atoms with E-state index in [1.54, 1.807) is 6.08 Å². The van der Waals surface area contributed by atoms with Crippen molar-refractivity contribution >= 4 is 36.3 Å². The number of allylic oxidation sites excluding steroid dienone is 4. The highest BCUT2D eigenvalue weighted by Gasteiger charge is 2.32. The molecule has 1 aliphatic carbocycles. The molecule has 2 aliphatic rings. The Hall–Kier alpha value is -0.840. The summed E-state index contributed by atoms with van der Waals surface area (Å²) in [5.74, 6) is -0.384. The minimum atomic E-state index is -0.203. The molecule has 2 rings (SSSR count). The Kier molecular flexibility index (Phi) is 1.68. The van der Waals surface area contributed by atoms with Gasteiger partial charge in [-0.2, -0.15) is 0 Å². The fourth-order valence-electron chi connectivity index (χ4n) is 1.15. The zero-order chi connectivity index (χ0) is 8.72. The van der Waals surface area contributed by atoms with E-state index in [-0.39, 0.29) is 37.9 Å². The van der Waals surface area contributed by atoms with Gasteiger partial charge in [0.15, 0.2) is 11.6 Å². The van der Waals surface area contributed by atoms with Gasteiger partial charge in [0.05, 0.1) is 5.57 Å². The van der Waals surface area contributed by atoms with Gasteiger partial charge in [-0.15, -0.1) is 0 Å². The van der Waals surface area contributed by atoms with Crippen molar-refractivity contribution in [3.63, 3.8) is 0 Å². The second-order valence-corrected chi connectivity index (χ2v) is 4.55. The minimum absolute atomic E-state index is 0.117. The normalized spacial score (nSPS) is 21.5. The second-order valence-electron chi connectivity index (χ2n) is 2.49. The van der Waals surface area contributed by atoms with E-state index in [9.17, 15) is 9.59 Å². The van der Waals surface area contributed by atoms with Gasteiger partial charge in [0.2, 0.25) is 0 Å². The highest BCUT2D eigenvalue weighted by Crippen LogP contribution is 2.28. The van der Waals surface area contributed by atoms with Crippen molar-refractivity contribution < 1.29 is 9.59 Å². The third-order valence-corrected chi connectivity index (χ3v) is 3.56. The van der Waals surface area contributed by atoms with Crippen molar-refractivity contribution in [3.05, 3.63) is 33.5 Å². The van der Waals surface area contributed by atoms with Crippen LogP contribution in [0.5, 0.6) is 0 Å². The molecule has 60 valence electrons. The molecule has 1 heterocycles. The van der Waals surface area contributed by atoms with Crippen molar-refractivity contribution in [2.75, 3.05) is 0 Å². The number of Topliss-reactive ketones (excluding diaryl/α,β-unsaturated/α-hetero) is 2. The van der Waals surface area contributed by atoms with Gasteiger partial charge in [-0.3, -0.25) is 9.59 Å². The number of rotatable bonds is 0. The molecule has 0 unspecified atom stereocenters. The third kappa shape index (κ3) is 0.891. The SMILES string of the molecule is C=C1C(=O)C2=C(C=IC=C2)C1=O. The zero-order valence-electron chi connectivity index (χ0n) is 6.13. The minimum Gasteiger partial charge on any atom is -0.288 e. The molecule has 0 fully saturated rings. The molecule has 0 N–H and O–H groups in total. The molecule has 0 aromatic heterocycles. The Morgan fingerprint density at radius 2 is 1.83 bits per heavy atom. The van der Waals surface area contributed by atoms with Gasteiger partial charge >= 0.3 is 0 Å². The first-order valence-corrected chi connectivity index (χ1v) is 5.85. The molecule has 0 amide bonds. The Morgan fingerprint density at radius 1 is 1.17 bits per heavy atom. The summed E-state index contributed by atoms with van der Waals surface area (Å²) in [6, 6.07) is 0.